The predicted molar refractivity (Wildman–Crippen MR) is 73.0 cm³/mol. The van der Waals surface area contributed by atoms with Gasteiger partial charge < -0.3 is 9.52 Å². The topological polar surface area (TPSA) is 66.2 Å². The van der Waals surface area contributed by atoms with E-state index in [-0.39, 0.29) is 5.41 Å². The second-order valence-corrected chi connectivity index (χ2v) is 5.60. The summed E-state index contributed by atoms with van der Waals surface area (Å²) in [4.78, 5) is 13.8. The molecule has 1 heterocycles. The van der Waals surface area contributed by atoms with Gasteiger partial charge in [0.15, 0.2) is 5.58 Å². The SMILES string of the molecule is CCC1(C(O)c2ccc3[nH]c(=O)oc3c2)CCCC1. The Morgan fingerprint density at radius 2 is 2.16 bits per heavy atom. The van der Waals surface area contributed by atoms with Crippen molar-refractivity contribution in [2.75, 3.05) is 0 Å². The highest BCUT2D eigenvalue weighted by molar-refractivity contribution is 5.72. The van der Waals surface area contributed by atoms with Gasteiger partial charge in [0.2, 0.25) is 0 Å². The average Bonchev–Trinajstić information content (AvgIpc) is 3.02. The molecule has 19 heavy (non-hydrogen) atoms. The van der Waals surface area contributed by atoms with Gasteiger partial charge in [-0.05, 0) is 37.0 Å². The smallest absolute Gasteiger partial charge is 0.408 e. The zero-order valence-corrected chi connectivity index (χ0v) is 11.1. The van der Waals surface area contributed by atoms with Crippen LogP contribution < -0.4 is 5.76 Å². The minimum absolute atomic E-state index is 0.00964. The van der Waals surface area contributed by atoms with Crippen LogP contribution in [0.2, 0.25) is 0 Å². The monoisotopic (exact) mass is 261 g/mol. The molecule has 0 bridgehead atoms. The maximum atomic E-state index is 11.2. The van der Waals surface area contributed by atoms with E-state index in [1.54, 1.807) is 12.1 Å². The molecule has 4 nitrogen and oxygen atoms in total. The Morgan fingerprint density at radius 1 is 1.42 bits per heavy atom. The van der Waals surface area contributed by atoms with Crippen LogP contribution in [0.25, 0.3) is 11.1 Å². The number of rotatable bonds is 3. The van der Waals surface area contributed by atoms with E-state index in [9.17, 15) is 9.90 Å². The minimum atomic E-state index is -0.482. The Hall–Kier alpha value is -1.55. The van der Waals surface area contributed by atoms with Crippen molar-refractivity contribution in [3.05, 3.63) is 34.3 Å². The highest BCUT2D eigenvalue weighted by Gasteiger charge is 2.39. The van der Waals surface area contributed by atoms with Gasteiger partial charge in [-0.25, -0.2) is 4.79 Å². The largest absolute Gasteiger partial charge is 0.417 e. The second-order valence-electron chi connectivity index (χ2n) is 5.60. The summed E-state index contributed by atoms with van der Waals surface area (Å²) in [6, 6.07) is 5.47. The zero-order valence-electron chi connectivity index (χ0n) is 11.1. The van der Waals surface area contributed by atoms with Crippen LogP contribution in [0.15, 0.2) is 27.4 Å². The van der Waals surface area contributed by atoms with Crippen molar-refractivity contribution in [2.24, 2.45) is 5.41 Å². The third-order valence-electron chi connectivity index (χ3n) is 4.64. The molecular formula is C15H19NO3. The van der Waals surface area contributed by atoms with Crippen molar-refractivity contribution in [1.82, 2.24) is 4.98 Å². The lowest BCUT2D eigenvalue weighted by molar-refractivity contribution is 0.0238. The van der Waals surface area contributed by atoms with Gasteiger partial charge in [0.05, 0.1) is 11.6 Å². The lowest BCUT2D eigenvalue weighted by Gasteiger charge is -2.33. The molecule has 1 aromatic heterocycles. The van der Waals surface area contributed by atoms with Crippen LogP contribution in [-0.2, 0) is 0 Å². The number of aromatic nitrogens is 1. The standard InChI is InChI=1S/C15H19NO3/c1-2-15(7-3-4-8-15)13(17)10-5-6-11-12(9-10)19-14(18)16-11/h5-6,9,13,17H,2-4,7-8H2,1H3,(H,16,18). The van der Waals surface area contributed by atoms with Crippen LogP contribution in [0.1, 0.15) is 50.7 Å². The maximum absolute atomic E-state index is 11.2. The molecule has 0 aliphatic heterocycles. The molecule has 1 atom stereocenters. The van der Waals surface area contributed by atoms with E-state index < -0.39 is 11.9 Å². The van der Waals surface area contributed by atoms with E-state index >= 15 is 0 Å². The number of hydrogen-bond acceptors (Lipinski definition) is 3. The Balaban J connectivity index is 2.00. The number of benzene rings is 1. The van der Waals surface area contributed by atoms with Crippen molar-refractivity contribution >= 4 is 11.1 Å². The molecule has 2 aromatic rings. The van der Waals surface area contributed by atoms with E-state index in [0.29, 0.717) is 11.1 Å². The number of aliphatic hydroxyl groups excluding tert-OH is 1. The molecule has 4 heteroatoms. The summed E-state index contributed by atoms with van der Waals surface area (Å²) in [6.07, 6.45) is 5.01. The molecule has 1 aromatic carbocycles. The lowest BCUT2D eigenvalue weighted by atomic mass is 9.75. The molecule has 3 rings (SSSR count). The summed E-state index contributed by atoms with van der Waals surface area (Å²) in [6.45, 7) is 2.14. The summed E-state index contributed by atoms with van der Waals surface area (Å²) in [5, 5.41) is 10.7. The van der Waals surface area contributed by atoms with Crippen LogP contribution >= 0.6 is 0 Å². The fourth-order valence-corrected chi connectivity index (χ4v) is 3.39. The van der Waals surface area contributed by atoms with Crippen molar-refractivity contribution in [2.45, 2.75) is 45.1 Å². The molecule has 102 valence electrons. The first-order valence-electron chi connectivity index (χ1n) is 6.95. The highest BCUT2D eigenvalue weighted by atomic mass is 16.4. The van der Waals surface area contributed by atoms with Crippen molar-refractivity contribution in [3.8, 4) is 0 Å². The number of aliphatic hydroxyl groups is 1. The van der Waals surface area contributed by atoms with Gasteiger partial charge >= 0.3 is 5.76 Å². The minimum Gasteiger partial charge on any atom is -0.408 e. The van der Waals surface area contributed by atoms with Gasteiger partial charge in [-0.3, -0.25) is 4.98 Å². The highest BCUT2D eigenvalue weighted by Crippen LogP contribution is 2.50. The van der Waals surface area contributed by atoms with E-state index in [1.165, 1.54) is 12.8 Å². The molecule has 1 saturated carbocycles. The Morgan fingerprint density at radius 3 is 2.84 bits per heavy atom. The van der Waals surface area contributed by atoms with E-state index in [4.69, 9.17) is 4.42 Å². The van der Waals surface area contributed by atoms with Crippen LogP contribution in [-0.4, -0.2) is 10.1 Å². The van der Waals surface area contributed by atoms with Crippen molar-refractivity contribution in [3.63, 3.8) is 0 Å². The zero-order chi connectivity index (χ0) is 13.5. The van der Waals surface area contributed by atoms with Crippen LogP contribution in [0.3, 0.4) is 0 Å². The quantitative estimate of drug-likeness (QED) is 0.892. The first-order chi connectivity index (χ1) is 9.14. The second kappa shape index (κ2) is 4.53. The third-order valence-corrected chi connectivity index (χ3v) is 4.64. The number of oxazole rings is 1. The van der Waals surface area contributed by atoms with Gasteiger partial charge in [0, 0.05) is 5.41 Å². The molecule has 0 radical (unpaired) electrons. The summed E-state index contributed by atoms with van der Waals surface area (Å²) in [7, 11) is 0. The fraction of sp³-hybridized carbons (Fsp3) is 0.533. The fourth-order valence-electron chi connectivity index (χ4n) is 3.39. The molecule has 1 unspecified atom stereocenters. The van der Waals surface area contributed by atoms with Crippen molar-refractivity contribution < 1.29 is 9.52 Å². The molecular weight excluding hydrogens is 242 g/mol. The first-order valence-corrected chi connectivity index (χ1v) is 6.95. The van der Waals surface area contributed by atoms with Gasteiger partial charge in [0.1, 0.15) is 0 Å². The van der Waals surface area contributed by atoms with E-state index in [2.05, 4.69) is 11.9 Å². The number of nitrogens with one attached hydrogen (secondary N) is 1. The van der Waals surface area contributed by atoms with Gasteiger partial charge in [-0.1, -0.05) is 25.8 Å². The van der Waals surface area contributed by atoms with Gasteiger partial charge in [-0.15, -0.1) is 0 Å². The molecule has 1 fully saturated rings. The molecule has 0 spiro atoms. The summed E-state index contributed by atoms with van der Waals surface area (Å²) in [5.41, 5.74) is 2.03. The molecule has 2 N–H and O–H groups in total. The van der Waals surface area contributed by atoms with Crippen LogP contribution in [0, 0.1) is 5.41 Å². The van der Waals surface area contributed by atoms with Crippen LogP contribution in [0.4, 0.5) is 0 Å². The number of hydrogen-bond donors (Lipinski definition) is 2. The summed E-state index contributed by atoms with van der Waals surface area (Å²) >= 11 is 0. The third kappa shape index (κ3) is 2.00. The van der Waals surface area contributed by atoms with Crippen molar-refractivity contribution in [1.29, 1.82) is 0 Å². The molecule has 0 saturated heterocycles. The van der Waals surface area contributed by atoms with Gasteiger partial charge in [-0.2, -0.15) is 0 Å². The molecule has 1 aliphatic rings. The Bertz CT molecular complexity index is 634. The van der Waals surface area contributed by atoms with Gasteiger partial charge in [0.25, 0.3) is 0 Å². The maximum Gasteiger partial charge on any atom is 0.417 e. The van der Waals surface area contributed by atoms with Crippen LogP contribution in [0.5, 0.6) is 0 Å². The number of H-pyrrole nitrogens is 1. The summed E-state index contributed by atoms with van der Waals surface area (Å²) in [5.74, 6) is -0.451. The van der Waals surface area contributed by atoms with E-state index in [0.717, 1.165) is 24.8 Å². The number of aromatic amines is 1. The molecule has 0 amide bonds. The summed E-state index contributed by atoms with van der Waals surface area (Å²) < 4.78 is 5.07. The number of fused-ring (bicyclic) bond motifs is 1. The average molecular weight is 261 g/mol. The molecule has 1 aliphatic carbocycles. The first kappa shape index (κ1) is 12.5. The Kier molecular flexibility index (Phi) is 2.97. The Labute approximate surface area is 111 Å². The predicted octanol–water partition coefficient (Wildman–Crippen LogP) is 3.12. The normalized spacial score (nSPS) is 19.9. The lowest BCUT2D eigenvalue weighted by Crippen LogP contribution is -2.25. The van der Waals surface area contributed by atoms with E-state index in [1.807, 2.05) is 6.07 Å².